The van der Waals surface area contributed by atoms with Gasteiger partial charge in [-0.15, -0.1) is 0 Å². The second-order valence-corrected chi connectivity index (χ2v) is 10.5. The van der Waals surface area contributed by atoms with Crippen LogP contribution in [0.15, 0.2) is 60.7 Å². The van der Waals surface area contributed by atoms with Gasteiger partial charge in [0.2, 0.25) is 0 Å². The SMILES string of the molecule is CC(C)C[C@H](N)[Si](C)(c1ccccc1)c1ccccc1. The summed E-state index contributed by atoms with van der Waals surface area (Å²) < 4.78 is 0. The van der Waals surface area contributed by atoms with E-state index in [0.717, 1.165) is 6.42 Å². The van der Waals surface area contributed by atoms with Crippen LogP contribution in [0.2, 0.25) is 6.55 Å². The molecule has 1 nitrogen and oxygen atoms in total. The van der Waals surface area contributed by atoms with Gasteiger partial charge in [-0.05, 0) is 12.3 Å². The molecule has 1 atom stereocenters. The minimum atomic E-state index is -1.89. The van der Waals surface area contributed by atoms with E-state index in [1.54, 1.807) is 0 Å². The van der Waals surface area contributed by atoms with Crippen LogP contribution in [0.25, 0.3) is 0 Å². The minimum Gasteiger partial charge on any atom is -0.329 e. The summed E-state index contributed by atoms with van der Waals surface area (Å²) in [6, 6.07) is 21.7. The molecular weight excluding hydrogens is 258 g/mol. The third-order valence-electron chi connectivity index (χ3n) is 4.21. The van der Waals surface area contributed by atoms with E-state index in [0.29, 0.717) is 5.92 Å². The molecule has 0 fully saturated rings. The van der Waals surface area contributed by atoms with E-state index >= 15 is 0 Å². The summed E-state index contributed by atoms with van der Waals surface area (Å²) in [5.41, 5.74) is 6.92. The molecule has 2 N–H and O–H groups in total. The Hall–Kier alpha value is -1.38. The average molecular weight is 283 g/mol. The van der Waals surface area contributed by atoms with Crippen molar-refractivity contribution in [3.8, 4) is 0 Å². The van der Waals surface area contributed by atoms with E-state index in [1.165, 1.54) is 10.4 Å². The van der Waals surface area contributed by atoms with Gasteiger partial charge < -0.3 is 5.73 Å². The Bertz CT molecular complexity index is 482. The second kappa shape index (κ2) is 6.38. The standard InChI is InChI=1S/C18H25NSi/c1-15(2)14-18(19)20(3,16-10-6-4-7-11-16)17-12-8-5-9-13-17/h4-13,15,18H,14,19H2,1-3H3/t18-/m1/s1. The highest BCUT2D eigenvalue weighted by Gasteiger charge is 2.38. The molecule has 2 aromatic carbocycles. The van der Waals surface area contributed by atoms with Crippen LogP contribution in [-0.2, 0) is 0 Å². The zero-order valence-corrected chi connectivity index (χ0v) is 13.7. The molecular formula is C18H25NSi. The Morgan fingerprint density at radius 3 is 1.60 bits per heavy atom. The van der Waals surface area contributed by atoms with Crippen LogP contribution in [-0.4, -0.2) is 13.7 Å². The van der Waals surface area contributed by atoms with E-state index in [9.17, 15) is 0 Å². The van der Waals surface area contributed by atoms with Crippen molar-refractivity contribution in [1.29, 1.82) is 0 Å². The van der Waals surface area contributed by atoms with Crippen LogP contribution < -0.4 is 16.1 Å². The van der Waals surface area contributed by atoms with Crippen LogP contribution in [0, 0.1) is 5.92 Å². The largest absolute Gasteiger partial charge is 0.329 e. The number of benzene rings is 2. The molecule has 0 saturated carbocycles. The van der Waals surface area contributed by atoms with Crippen molar-refractivity contribution in [3.05, 3.63) is 60.7 Å². The molecule has 0 aromatic heterocycles. The highest BCUT2D eigenvalue weighted by atomic mass is 28.3. The summed E-state index contributed by atoms with van der Waals surface area (Å²) >= 11 is 0. The molecule has 0 saturated heterocycles. The monoisotopic (exact) mass is 283 g/mol. The van der Waals surface area contributed by atoms with Gasteiger partial charge >= 0.3 is 0 Å². The quantitative estimate of drug-likeness (QED) is 0.839. The summed E-state index contributed by atoms with van der Waals surface area (Å²) in [5, 5.41) is 2.86. The smallest absolute Gasteiger partial charge is 0.131 e. The molecule has 0 aliphatic rings. The van der Waals surface area contributed by atoms with Gasteiger partial charge in [0.05, 0.1) is 0 Å². The van der Waals surface area contributed by atoms with Crippen LogP contribution in [0.3, 0.4) is 0 Å². The molecule has 0 aliphatic heterocycles. The first-order valence-electron chi connectivity index (χ1n) is 7.41. The number of nitrogens with two attached hydrogens (primary N) is 1. The zero-order chi connectivity index (χ0) is 14.6. The Balaban J connectivity index is 2.49. The summed E-state index contributed by atoms with van der Waals surface area (Å²) in [7, 11) is -1.89. The van der Waals surface area contributed by atoms with Gasteiger partial charge in [0.15, 0.2) is 0 Å². The van der Waals surface area contributed by atoms with Gasteiger partial charge in [0.1, 0.15) is 8.07 Å². The van der Waals surface area contributed by atoms with Gasteiger partial charge in [0, 0.05) is 5.67 Å². The Morgan fingerprint density at radius 1 is 0.850 bits per heavy atom. The lowest BCUT2D eigenvalue weighted by Gasteiger charge is -2.35. The molecule has 0 bridgehead atoms. The number of hydrogen-bond donors (Lipinski definition) is 1. The van der Waals surface area contributed by atoms with E-state index in [1.807, 2.05) is 0 Å². The third kappa shape index (κ3) is 3.02. The maximum absolute atomic E-state index is 6.68. The van der Waals surface area contributed by atoms with Gasteiger partial charge in [-0.3, -0.25) is 0 Å². The molecule has 2 rings (SSSR count). The summed E-state index contributed by atoms with van der Waals surface area (Å²) in [5.74, 6) is 0.629. The van der Waals surface area contributed by atoms with Crippen molar-refractivity contribution >= 4 is 18.4 Å². The maximum atomic E-state index is 6.68. The van der Waals surface area contributed by atoms with Crippen molar-refractivity contribution in [2.45, 2.75) is 32.5 Å². The van der Waals surface area contributed by atoms with Crippen LogP contribution >= 0.6 is 0 Å². The lowest BCUT2D eigenvalue weighted by Crippen LogP contribution is -2.67. The fourth-order valence-electron chi connectivity index (χ4n) is 2.91. The summed E-state index contributed by atoms with van der Waals surface area (Å²) in [6.45, 7) is 6.92. The van der Waals surface area contributed by atoms with Gasteiger partial charge in [-0.1, -0.05) is 91.4 Å². The van der Waals surface area contributed by atoms with Gasteiger partial charge in [-0.25, -0.2) is 0 Å². The maximum Gasteiger partial charge on any atom is 0.131 e. The molecule has 2 heteroatoms. The Labute approximate surface area is 123 Å². The summed E-state index contributed by atoms with van der Waals surface area (Å²) in [4.78, 5) is 0. The predicted molar refractivity (Wildman–Crippen MR) is 91.2 cm³/mol. The van der Waals surface area contributed by atoms with Crippen LogP contribution in [0.4, 0.5) is 0 Å². The molecule has 106 valence electrons. The van der Waals surface area contributed by atoms with Crippen molar-refractivity contribution < 1.29 is 0 Å². The first kappa shape index (κ1) is 15.0. The minimum absolute atomic E-state index is 0.243. The normalized spacial score (nSPS) is 13.4. The van der Waals surface area contributed by atoms with Crippen LogP contribution in [0.5, 0.6) is 0 Å². The predicted octanol–water partition coefficient (Wildman–Crippen LogP) is 2.79. The van der Waals surface area contributed by atoms with Crippen molar-refractivity contribution in [2.24, 2.45) is 11.7 Å². The first-order chi connectivity index (χ1) is 9.55. The first-order valence-corrected chi connectivity index (χ1v) is 9.99. The second-order valence-electron chi connectivity index (χ2n) is 6.17. The van der Waals surface area contributed by atoms with Crippen LogP contribution in [0.1, 0.15) is 20.3 Å². The average Bonchev–Trinajstić information content (AvgIpc) is 2.47. The van der Waals surface area contributed by atoms with Crippen molar-refractivity contribution in [2.75, 3.05) is 0 Å². The Kier molecular flexibility index (Phi) is 4.79. The van der Waals surface area contributed by atoms with Crippen molar-refractivity contribution in [3.63, 3.8) is 0 Å². The zero-order valence-electron chi connectivity index (χ0n) is 12.7. The molecule has 0 spiro atoms. The van der Waals surface area contributed by atoms with E-state index in [4.69, 9.17) is 5.73 Å². The van der Waals surface area contributed by atoms with E-state index in [2.05, 4.69) is 81.1 Å². The lowest BCUT2D eigenvalue weighted by molar-refractivity contribution is 0.563. The molecule has 0 unspecified atom stereocenters. The molecule has 0 radical (unpaired) electrons. The fraction of sp³-hybridized carbons (Fsp3) is 0.333. The highest BCUT2D eigenvalue weighted by Crippen LogP contribution is 2.15. The molecule has 0 aliphatic carbocycles. The molecule has 0 amide bonds. The third-order valence-corrected chi connectivity index (χ3v) is 9.00. The van der Waals surface area contributed by atoms with Gasteiger partial charge in [0.25, 0.3) is 0 Å². The van der Waals surface area contributed by atoms with Crippen molar-refractivity contribution in [1.82, 2.24) is 0 Å². The van der Waals surface area contributed by atoms with E-state index in [-0.39, 0.29) is 5.67 Å². The molecule has 0 heterocycles. The number of hydrogen-bond acceptors (Lipinski definition) is 1. The fourth-order valence-corrected chi connectivity index (χ4v) is 6.81. The Morgan fingerprint density at radius 2 is 1.25 bits per heavy atom. The van der Waals surface area contributed by atoms with E-state index < -0.39 is 8.07 Å². The lowest BCUT2D eigenvalue weighted by atomic mass is 10.1. The van der Waals surface area contributed by atoms with Gasteiger partial charge in [-0.2, -0.15) is 0 Å². The number of rotatable bonds is 5. The topological polar surface area (TPSA) is 26.0 Å². The molecule has 20 heavy (non-hydrogen) atoms. The highest BCUT2D eigenvalue weighted by molar-refractivity contribution is 7.02. The summed E-state index contributed by atoms with van der Waals surface area (Å²) in [6.07, 6.45) is 1.08. The molecule has 2 aromatic rings.